The van der Waals surface area contributed by atoms with E-state index in [-0.39, 0.29) is 18.6 Å². The number of esters is 1. The lowest BCUT2D eigenvalue weighted by Gasteiger charge is -2.30. The zero-order chi connectivity index (χ0) is 21.5. The van der Waals surface area contributed by atoms with Crippen LogP contribution in [0.1, 0.15) is 44.4 Å². The zero-order valence-electron chi connectivity index (χ0n) is 17.6. The van der Waals surface area contributed by atoms with Crippen LogP contribution in [0.3, 0.4) is 0 Å². The molecule has 30 heavy (non-hydrogen) atoms. The van der Waals surface area contributed by atoms with Gasteiger partial charge in [0, 0.05) is 5.70 Å². The Morgan fingerprint density at radius 2 is 1.80 bits per heavy atom. The second-order valence-corrected chi connectivity index (χ2v) is 8.14. The van der Waals surface area contributed by atoms with Crippen LogP contribution in [0.25, 0.3) is 0 Å². The molecule has 1 aliphatic heterocycles. The van der Waals surface area contributed by atoms with Gasteiger partial charge >= 0.3 is 5.97 Å². The number of allylic oxidation sites excluding steroid dienone is 1. The van der Waals surface area contributed by atoms with Crippen molar-refractivity contribution in [2.75, 3.05) is 6.61 Å². The van der Waals surface area contributed by atoms with Gasteiger partial charge in [-0.15, -0.1) is 0 Å². The molecule has 0 fully saturated rings. The van der Waals surface area contributed by atoms with E-state index >= 15 is 0 Å². The second kappa shape index (κ2) is 10.3. The average molecular weight is 425 g/mol. The standard InChI is InChI=1S/C24H28N2O3S/c1-16(2)13-14-28-20-11-9-19(10-12-20)22-21(17(3)25-24(30)26-22)23(27)29-15-18-7-5-4-6-8-18/h4-12,16,22H,13-15H2,1-3H3,(H2,25,26,30)/t22-/m0/s1. The van der Waals surface area contributed by atoms with E-state index in [1.54, 1.807) is 0 Å². The van der Waals surface area contributed by atoms with Gasteiger partial charge in [0.25, 0.3) is 0 Å². The summed E-state index contributed by atoms with van der Waals surface area (Å²) in [7, 11) is 0. The zero-order valence-corrected chi connectivity index (χ0v) is 18.4. The fourth-order valence-electron chi connectivity index (χ4n) is 3.18. The third-order valence-electron chi connectivity index (χ3n) is 4.88. The van der Waals surface area contributed by atoms with Crippen molar-refractivity contribution in [3.8, 4) is 5.75 Å². The van der Waals surface area contributed by atoms with Crippen LogP contribution in [0.15, 0.2) is 65.9 Å². The lowest BCUT2D eigenvalue weighted by atomic mass is 9.95. The van der Waals surface area contributed by atoms with Gasteiger partial charge in [-0.25, -0.2) is 4.79 Å². The molecule has 6 heteroatoms. The van der Waals surface area contributed by atoms with Crippen molar-refractivity contribution in [2.24, 2.45) is 5.92 Å². The van der Waals surface area contributed by atoms with Crippen LogP contribution in [-0.2, 0) is 16.1 Å². The van der Waals surface area contributed by atoms with Gasteiger partial charge in [-0.3, -0.25) is 0 Å². The molecule has 0 bridgehead atoms. The summed E-state index contributed by atoms with van der Waals surface area (Å²) in [6.45, 7) is 7.08. The van der Waals surface area contributed by atoms with Crippen molar-refractivity contribution < 1.29 is 14.3 Å². The quantitative estimate of drug-likeness (QED) is 0.475. The van der Waals surface area contributed by atoms with Gasteiger partial charge in [0.05, 0.1) is 18.2 Å². The summed E-state index contributed by atoms with van der Waals surface area (Å²) in [5.41, 5.74) is 3.07. The lowest BCUT2D eigenvalue weighted by molar-refractivity contribution is -0.140. The molecule has 1 atom stereocenters. The van der Waals surface area contributed by atoms with Gasteiger partial charge in [-0.05, 0) is 54.7 Å². The van der Waals surface area contributed by atoms with Crippen molar-refractivity contribution >= 4 is 23.3 Å². The molecule has 3 rings (SSSR count). The van der Waals surface area contributed by atoms with Gasteiger partial charge in [0.2, 0.25) is 0 Å². The van der Waals surface area contributed by atoms with Crippen LogP contribution in [0.4, 0.5) is 0 Å². The molecule has 0 aromatic heterocycles. The van der Waals surface area contributed by atoms with Gasteiger partial charge < -0.3 is 20.1 Å². The van der Waals surface area contributed by atoms with E-state index in [9.17, 15) is 4.79 Å². The number of carbonyl (C=O) groups excluding carboxylic acids is 1. The molecule has 0 spiro atoms. The summed E-state index contributed by atoms with van der Waals surface area (Å²) in [5.74, 6) is 1.03. The Kier molecular flexibility index (Phi) is 7.46. The molecule has 2 aromatic rings. The number of benzene rings is 2. The number of hydrogen-bond acceptors (Lipinski definition) is 4. The van der Waals surface area contributed by atoms with E-state index in [2.05, 4.69) is 24.5 Å². The highest BCUT2D eigenvalue weighted by atomic mass is 32.1. The fraction of sp³-hybridized carbons (Fsp3) is 0.333. The molecule has 1 heterocycles. The predicted octanol–water partition coefficient (Wildman–Crippen LogP) is 4.65. The Balaban J connectivity index is 1.73. The Bertz CT molecular complexity index is 908. The highest BCUT2D eigenvalue weighted by Crippen LogP contribution is 2.29. The van der Waals surface area contributed by atoms with Crippen LogP contribution >= 0.6 is 12.2 Å². The summed E-state index contributed by atoms with van der Waals surface area (Å²) in [6, 6.07) is 17.0. The maximum Gasteiger partial charge on any atom is 0.338 e. The number of rotatable bonds is 8. The van der Waals surface area contributed by atoms with Gasteiger partial charge in [-0.2, -0.15) is 0 Å². The van der Waals surface area contributed by atoms with Crippen molar-refractivity contribution in [1.29, 1.82) is 0 Å². The molecular formula is C24H28N2O3S. The Labute approximate surface area is 183 Å². The second-order valence-electron chi connectivity index (χ2n) is 7.73. The largest absolute Gasteiger partial charge is 0.494 e. The lowest BCUT2D eigenvalue weighted by Crippen LogP contribution is -2.45. The summed E-state index contributed by atoms with van der Waals surface area (Å²) < 4.78 is 11.4. The normalized spacial score (nSPS) is 16.1. The predicted molar refractivity (Wildman–Crippen MR) is 122 cm³/mol. The first-order chi connectivity index (χ1) is 14.4. The first kappa shape index (κ1) is 21.8. The smallest absolute Gasteiger partial charge is 0.338 e. The Hall–Kier alpha value is -2.86. The number of hydrogen-bond donors (Lipinski definition) is 2. The third kappa shape index (κ3) is 5.83. The molecule has 0 saturated heterocycles. The molecule has 158 valence electrons. The third-order valence-corrected chi connectivity index (χ3v) is 5.10. The van der Waals surface area contributed by atoms with E-state index in [0.717, 1.165) is 23.3 Å². The minimum absolute atomic E-state index is 0.219. The molecule has 0 amide bonds. The van der Waals surface area contributed by atoms with Crippen LogP contribution in [0.2, 0.25) is 0 Å². The molecule has 0 saturated carbocycles. The van der Waals surface area contributed by atoms with Gasteiger partial charge in [0.1, 0.15) is 12.4 Å². The summed E-state index contributed by atoms with van der Waals surface area (Å²) in [4.78, 5) is 12.9. The molecule has 1 aliphatic rings. The maximum absolute atomic E-state index is 12.9. The maximum atomic E-state index is 12.9. The van der Waals surface area contributed by atoms with E-state index < -0.39 is 0 Å². The first-order valence-corrected chi connectivity index (χ1v) is 10.6. The Morgan fingerprint density at radius 1 is 1.10 bits per heavy atom. The molecule has 5 nitrogen and oxygen atoms in total. The van der Waals surface area contributed by atoms with E-state index in [0.29, 0.717) is 28.9 Å². The number of nitrogens with one attached hydrogen (secondary N) is 2. The summed E-state index contributed by atoms with van der Waals surface area (Å²) in [5, 5.41) is 6.70. The molecule has 0 aliphatic carbocycles. The fourth-order valence-corrected chi connectivity index (χ4v) is 3.46. The molecular weight excluding hydrogens is 396 g/mol. The monoisotopic (exact) mass is 424 g/mol. The van der Waals surface area contributed by atoms with E-state index in [4.69, 9.17) is 21.7 Å². The average Bonchev–Trinajstić information content (AvgIpc) is 2.72. The van der Waals surface area contributed by atoms with Crippen molar-refractivity contribution in [1.82, 2.24) is 10.6 Å². The molecule has 0 radical (unpaired) electrons. The van der Waals surface area contributed by atoms with Crippen LogP contribution in [0, 0.1) is 5.92 Å². The minimum atomic E-state index is -0.383. The highest BCUT2D eigenvalue weighted by molar-refractivity contribution is 7.80. The highest BCUT2D eigenvalue weighted by Gasteiger charge is 2.31. The van der Waals surface area contributed by atoms with Crippen LogP contribution in [-0.4, -0.2) is 17.7 Å². The topological polar surface area (TPSA) is 59.6 Å². The van der Waals surface area contributed by atoms with Crippen LogP contribution in [0.5, 0.6) is 5.75 Å². The number of ether oxygens (including phenoxy) is 2. The van der Waals surface area contributed by atoms with Crippen molar-refractivity contribution in [3.63, 3.8) is 0 Å². The minimum Gasteiger partial charge on any atom is -0.494 e. The van der Waals surface area contributed by atoms with Crippen molar-refractivity contribution in [2.45, 2.75) is 39.8 Å². The number of thiocarbonyl (C=S) groups is 1. The number of carbonyl (C=O) groups is 1. The van der Waals surface area contributed by atoms with E-state index in [1.807, 2.05) is 61.5 Å². The summed E-state index contributed by atoms with van der Waals surface area (Å²) in [6.07, 6.45) is 1.01. The van der Waals surface area contributed by atoms with Crippen LogP contribution < -0.4 is 15.4 Å². The van der Waals surface area contributed by atoms with Gasteiger partial charge in [-0.1, -0.05) is 56.3 Å². The van der Waals surface area contributed by atoms with Gasteiger partial charge in [0.15, 0.2) is 5.11 Å². The SMILES string of the molecule is CC1=C(C(=O)OCc2ccccc2)[C@H](c2ccc(OCCC(C)C)cc2)NC(=S)N1. The summed E-state index contributed by atoms with van der Waals surface area (Å²) >= 11 is 5.31. The first-order valence-electron chi connectivity index (χ1n) is 10.2. The Morgan fingerprint density at radius 3 is 2.47 bits per heavy atom. The molecule has 0 unspecified atom stereocenters. The van der Waals surface area contributed by atoms with E-state index in [1.165, 1.54) is 0 Å². The van der Waals surface area contributed by atoms with Crippen molar-refractivity contribution in [3.05, 3.63) is 77.0 Å². The molecule has 2 N–H and O–H groups in total. The molecule has 2 aromatic carbocycles.